The summed E-state index contributed by atoms with van der Waals surface area (Å²) in [6.45, 7) is 3.39. The number of likely N-dealkylation sites (tertiary alicyclic amines) is 1. The molecule has 1 amide bonds. The Morgan fingerprint density at radius 3 is 2.48 bits per heavy atom. The van der Waals surface area contributed by atoms with Crippen molar-refractivity contribution in [2.24, 2.45) is 5.92 Å². The molecule has 0 atom stereocenters. The molecular formula is C20H27N3O5S. The van der Waals surface area contributed by atoms with Crippen LogP contribution < -0.4 is 14.8 Å². The highest BCUT2D eigenvalue weighted by Crippen LogP contribution is 2.20. The second kappa shape index (κ2) is 9.43. The van der Waals surface area contributed by atoms with Gasteiger partial charge in [0.25, 0.3) is 15.9 Å². The van der Waals surface area contributed by atoms with E-state index in [1.54, 1.807) is 7.11 Å². The molecule has 1 aromatic heterocycles. The predicted octanol–water partition coefficient (Wildman–Crippen LogP) is 1.84. The molecule has 2 N–H and O–H groups in total. The van der Waals surface area contributed by atoms with Crippen LogP contribution in [0, 0.1) is 5.92 Å². The van der Waals surface area contributed by atoms with E-state index in [4.69, 9.17) is 9.15 Å². The Labute approximate surface area is 171 Å². The number of ether oxygens (including phenoxy) is 1. The topological polar surface area (TPSA) is 101 Å². The summed E-state index contributed by atoms with van der Waals surface area (Å²) in [4.78, 5) is 14.6. The van der Waals surface area contributed by atoms with Crippen molar-refractivity contribution in [3.63, 3.8) is 0 Å². The fourth-order valence-corrected chi connectivity index (χ4v) is 4.00. The third-order valence-corrected chi connectivity index (χ3v) is 6.45. The number of hydrogen-bond donors (Lipinski definition) is 2. The Morgan fingerprint density at radius 1 is 1.17 bits per heavy atom. The molecule has 0 unspecified atom stereocenters. The van der Waals surface area contributed by atoms with Crippen molar-refractivity contribution < 1.29 is 22.4 Å². The van der Waals surface area contributed by atoms with E-state index in [9.17, 15) is 13.2 Å². The normalized spacial score (nSPS) is 15.9. The van der Waals surface area contributed by atoms with E-state index in [0.717, 1.165) is 38.2 Å². The highest BCUT2D eigenvalue weighted by molar-refractivity contribution is 7.89. The summed E-state index contributed by atoms with van der Waals surface area (Å²) in [5.74, 6) is 0.843. The lowest BCUT2D eigenvalue weighted by atomic mass is 9.96. The van der Waals surface area contributed by atoms with Crippen molar-refractivity contribution in [1.29, 1.82) is 0 Å². The number of methoxy groups -OCH3 is 1. The van der Waals surface area contributed by atoms with Crippen LogP contribution in [0.1, 0.15) is 29.0 Å². The lowest BCUT2D eigenvalue weighted by Crippen LogP contribution is -2.38. The molecule has 3 rings (SSSR count). The molecule has 2 aromatic rings. The Hall–Kier alpha value is -2.36. The number of amides is 1. The number of benzene rings is 1. The van der Waals surface area contributed by atoms with Crippen LogP contribution in [0.15, 0.2) is 45.9 Å². The van der Waals surface area contributed by atoms with E-state index in [-0.39, 0.29) is 10.9 Å². The van der Waals surface area contributed by atoms with E-state index in [1.807, 2.05) is 12.1 Å². The van der Waals surface area contributed by atoms with Crippen LogP contribution in [-0.2, 0) is 16.6 Å². The summed E-state index contributed by atoms with van der Waals surface area (Å²) in [5, 5.41) is 2.58. The van der Waals surface area contributed by atoms with E-state index < -0.39 is 15.9 Å². The highest BCUT2D eigenvalue weighted by atomic mass is 32.2. The summed E-state index contributed by atoms with van der Waals surface area (Å²) in [7, 11) is -0.741. The zero-order valence-corrected chi connectivity index (χ0v) is 17.5. The lowest BCUT2D eigenvalue weighted by molar-refractivity contribution is 0.0902. The molecule has 0 aliphatic carbocycles. The Bertz CT molecular complexity index is 916. The molecule has 2 heterocycles. The van der Waals surface area contributed by atoms with Gasteiger partial charge in [-0.1, -0.05) is 12.1 Å². The molecule has 0 saturated carbocycles. The zero-order chi connectivity index (χ0) is 20.9. The number of sulfonamides is 1. The number of rotatable bonds is 8. The number of carbonyl (C=O) groups is 1. The third kappa shape index (κ3) is 5.59. The van der Waals surface area contributed by atoms with Gasteiger partial charge in [0, 0.05) is 13.1 Å². The van der Waals surface area contributed by atoms with E-state index >= 15 is 0 Å². The fourth-order valence-electron chi connectivity index (χ4n) is 3.35. The molecule has 0 spiro atoms. The SMILES string of the molecule is CNS(=O)(=O)c1ccc(C(=O)NCC2CCN(Cc3ccc(OC)cc3)CC2)o1. The summed E-state index contributed by atoms with van der Waals surface area (Å²) < 4.78 is 35.9. The van der Waals surface area contributed by atoms with Crippen LogP contribution >= 0.6 is 0 Å². The maximum atomic E-state index is 12.2. The molecule has 8 nitrogen and oxygen atoms in total. The van der Waals surface area contributed by atoms with E-state index in [1.165, 1.54) is 24.7 Å². The van der Waals surface area contributed by atoms with Crippen LogP contribution in [0.4, 0.5) is 0 Å². The molecule has 0 bridgehead atoms. The van der Waals surface area contributed by atoms with Gasteiger partial charge in [-0.2, -0.15) is 0 Å². The average Bonchev–Trinajstić information content (AvgIpc) is 3.25. The van der Waals surface area contributed by atoms with Gasteiger partial charge in [0.2, 0.25) is 5.09 Å². The standard InChI is InChI=1S/C20H27N3O5S/c1-21-29(25,26)19-8-7-18(28-19)20(24)22-13-15-9-11-23(12-10-15)14-16-3-5-17(27-2)6-4-16/h3-8,15,21H,9-14H2,1-2H3,(H,22,24). The van der Waals surface area contributed by atoms with Crippen molar-refractivity contribution in [1.82, 2.24) is 14.9 Å². The molecule has 0 radical (unpaired) electrons. The first-order valence-electron chi connectivity index (χ1n) is 9.58. The van der Waals surface area contributed by atoms with Crippen LogP contribution in [0.3, 0.4) is 0 Å². The van der Waals surface area contributed by atoms with Crippen LogP contribution in [0.25, 0.3) is 0 Å². The van der Waals surface area contributed by atoms with Crippen molar-refractivity contribution in [2.75, 3.05) is 33.8 Å². The minimum absolute atomic E-state index is 0.00392. The Morgan fingerprint density at radius 2 is 1.86 bits per heavy atom. The third-order valence-electron chi connectivity index (χ3n) is 5.16. The van der Waals surface area contributed by atoms with Crippen LogP contribution in [0.5, 0.6) is 5.75 Å². The molecule has 1 aromatic carbocycles. The van der Waals surface area contributed by atoms with Crippen molar-refractivity contribution in [3.05, 3.63) is 47.7 Å². The number of carbonyl (C=O) groups excluding carboxylic acids is 1. The number of furan rings is 1. The Kier molecular flexibility index (Phi) is 6.94. The van der Waals surface area contributed by atoms with Gasteiger partial charge in [-0.15, -0.1) is 0 Å². The van der Waals surface area contributed by atoms with Crippen LogP contribution in [0.2, 0.25) is 0 Å². The minimum atomic E-state index is -3.69. The van der Waals surface area contributed by atoms with Gasteiger partial charge in [0.1, 0.15) is 5.75 Å². The van der Waals surface area contributed by atoms with Crippen molar-refractivity contribution >= 4 is 15.9 Å². The average molecular weight is 422 g/mol. The van der Waals surface area contributed by atoms with Gasteiger partial charge in [0.15, 0.2) is 5.76 Å². The molecule has 29 heavy (non-hydrogen) atoms. The predicted molar refractivity (Wildman–Crippen MR) is 108 cm³/mol. The van der Waals surface area contributed by atoms with Gasteiger partial charge >= 0.3 is 0 Å². The first kappa shape index (κ1) is 21.4. The fraction of sp³-hybridized carbons (Fsp3) is 0.450. The van der Waals surface area contributed by atoms with Gasteiger partial charge in [-0.05, 0) is 68.7 Å². The smallest absolute Gasteiger partial charge is 0.287 e. The molecule has 1 fully saturated rings. The van der Waals surface area contributed by atoms with Crippen molar-refractivity contribution in [2.45, 2.75) is 24.5 Å². The second-order valence-electron chi connectivity index (χ2n) is 7.10. The van der Waals surface area contributed by atoms with Gasteiger partial charge in [-0.25, -0.2) is 13.1 Å². The molecule has 1 aliphatic heterocycles. The Balaban J connectivity index is 1.43. The number of nitrogens with zero attached hydrogens (tertiary/aromatic N) is 1. The molecule has 1 saturated heterocycles. The maximum absolute atomic E-state index is 12.2. The van der Waals surface area contributed by atoms with E-state index in [2.05, 4.69) is 27.1 Å². The second-order valence-corrected chi connectivity index (χ2v) is 8.92. The quantitative estimate of drug-likeness (QED) is 0.675. The highest BCUT2D eigenvalue weighted by Gasteiger charge is 2.22. The minimum Gasteiger partial charge on any atom is -0.497 e. The van der Waals surface area contributed by atoms with Gasteiger partial charge < -0.3 is 14.5 Å². The first-order chi connectivity index (χ1) is 13.9. The largest absolute Gasteiger partial charge is 0.497 e. The number of hydrogen-bond acceptors (Lipinski definition) is 6. The number of piperidine rings is 1. The summed E-state index contributed by atoms with van der Waals surface area (Å²) >= 11 is 0. The van der Waals surface area contributed by atoms with Gasteiger partial charge in [-0.3, -0.25) is 9.69 Å². The van der Waals surface area contributed by atoms with Crippen LogP contribution in [-0.4, -0.2) is 53.0 Å². The first-order valence-corrected chi connectivity index (χ1v) is 11.1. The molecule has 1 aliphatic rings. The zero-order valence-electron chi connectivity index (χ0n) is 16.7. The maximum Gasteiger partial charge on any atom is 0.287 e. The molecule has 158 valence electrons. The summed E-state index contributed by atoms with van der Waals surface area (Å²) in [6.07, 6.45) is 1.99. The summed E-state index contributed by atoms with van der Waals surface area (Å²) in [6, 6.07) is 10.8. The van der Waals surface area contributed by atoms with Crippen molar-refractivity contribution in [3.8, 4) is 5.75 Å². The van der Waals surface area contributed by atoms with E-state index in [0.29, 0.717) is 12.5 Å². The lowest BCUT2D eigenvalue weighted by Gasteiger charge is -2.32. The number of nitrogens with one attached hydrogen (secondary N) is 2. The monoisotopic (exact) mass is 421 g/mol. The molecular weight excluding hydrogens is 394 g/mol. The summed E-state index contributed by atoms with van der Waals surface area (Å²) in [5.41, 5.74) is 1.25. The van der Waals surface area contributed by atoms with Gasteiger partial charge in [0.05, 0.1) is 7.11 Å². The molecule has 9 heteroatoms.